The van der Waals surface area contributed by atoms with Crippen LogP contribution < -0.4 is 14.8 Å². The Labute approximate surface area is 267 Å². The third kappa shape index (κ3) is 6.56. The van der Waals surface area contributed by atoms with E-state index >= 15 is 0 Å². The summed E-state index contributed by atoms with van der Waals surface area (Å²) in [5.41, 5.74) is 1.27. The number of hydrogen-bond acceptors (Lipinski definition) is 8. The SMILES string of the molecule is COc1cc(CO)cc(I)c1OC1C=C(C(=O)NCCO)CC(N(CC2CCC3CC2C3(C)C)C(=O)C2CCOC2)C1O. The molecule has 3 saturated carbocycles. The van der Waals surface area contributed by atoms with Crippen molar-refractivity contribution in [3.63, 3.8) is 0 Å². The zero-order chi connectivity index (χ0) is 30.9. The number of rotatable bonds is 11. The van der Waals surface area contributed by atoms with E-state index in [4.69, 9.17) is 14.2 Å². The fraction of sp³-hybridized carbons (Fsp3) is 0.688. The molecule has 10 nitrogen and oxygen atoms in total. The third-order valence-corrected chi connectivity index (χ3v) is 11.1. The largest absolute Gasteiger partial charge is 0.493 e. The van der Waals surface area contributed by atoms with Crippen LogP contribution in [0.4, 0.5) is 0 Å². The summed E-state index contributed by atoms with van der Waals surface area (Å²) in [6.45, 7) is 5.77. The Balaban J connectivity index is 1.49. The molecule has 4 fully saturated rings. The van der Waals surface area contributed by atoms with Crippen LogP contribution >= 0.6 is 22.6 Å². The van der Waals surface area contributed by atoms with E-state index in [2.05, 4.69) is 41.8 Å². The molecule has 0 radical (unpaired) electrons. The Hall–Kier alpha value is -1.93. The Morgan fingerprint density at radius 1 is 1.21 bits per heavy atom. The normalized spacial score (nSPS) is 31.0. The second-order valence-electron chi connectivity index (χ2n) is 13.0. The summed E-state index contributed by atoms with van der Waals surface area (Å²) in [5.74, 6) is 1.61. The van der Waals surface area contributed by atoms with Gasteiger partial charge in [0.2, 0.25) is 11.8 Å². The van der Waals surface area contributed by atoms with Gasteiger partial charge in [0.25, 0.3) is 0 Å². The van der Waals surface area contributed by atoms with Crippen molar-refractivity contribution in [1.82, 2.24) is 10.2 Å². The van der Waals surface area contributed by atoms with Gasteiger partial charge in [-0.05, 0) is 95.2 Å². The number of amides is 2. The number of benzene rings is 1. The van der Waals surface area contributed by atoms with Gasteiger partial charge >= 0.3 is 0 Å². The number of aliphatic hydroxyl groups is 3. The number of aliphatic hydroxyl groups excluding tert-OH is 3. The molecular formula is C32H45IN2O8. The van der Waals surface area contributed by atoms with E-state index in [9.17, 15) is 24.9 Å². The minimum absolute atomic E-state index is 0.0453. The molecule has 2 amide bonds. The zero-order valence-electron chi connectivity index (χ0n) is 25.3. The quantitative estimate of drug-likeness (QED) is 0.257. The first-order chi connectivity index (χ1) is 20.6. The van der Waals surface area contributed by atoms with Crippen molar-refractivity contribution in [3.05, 3.63) is 32.9 Å². The standard InChI is InChI=1S/C32H45IN2O8/c1-32(2)22-5-4-19(23(32)14-22)15-35(31(40)20-6-9-42-17-20)25-12-21(30(39)34-7-8-36)13-26(28(25)38)43-29-24(33)10-18(16-37)11-27(29)41-3/h10-11,13,19-20,22-23,25-26,28,36-38H,4-9,12,14-17H2,1-3H3,(H,34,39). The summed E-state index contributed by atoms with van der Waals surface area (Å²) in [4.78, 5) is 29.3. The Bertz CT molecular complexity index is 1210. The second-order valence-corrected chi connectivity index (χ2v) is 14.2. The van der Waals surface area contributed by atoms with Gasteiger partial charge < -0.3 is 39.7 Å². The van der Waals surface area contributed by atoms with Crippen molar-refractivity contribution < 1.29 is 39.1 Å². The summed E-state index contributed by atoms with van der Waals surface area (Å²) in [6.07, 6.45) is 3.68. The van der Waals surface area contributed by atoms with Crippen molar-refractivity contribution in [2.75, 3.05) is 40.0 Å². The third-order valence-electron chi connectivity index (χ3n) is 10.3. The molecule has 238 valence electrons. The maximum absolute atomic E-state index is 14.2. The van der Waals surface area contributed by atoms with Gasteiger partial charge in [-0.25, -0.2) is 0 Å². The molecule has 2 bridgehead atoms. The van der Waals surface area contributed by atoms with E-state index in [-0.39, 0.29) is 49.3 Å². The number of fused-ring (bicyclic) bond motifs is 2. The van der Waals surface area contributed by atoms with Crippen LogP contribution in [0.3, 0.4) is 0 Å². The van der Waals surface area contributed by atoms with Crippen LogP contribution in [-0.2, 0) is 20.9 Å². The lowest BCUT2D eigenvalue weighted by Gasteiger charge is -2.61. The molecule has 4 aliphatic carbocycles. The van der Waals surface area contributed by atoms with E-state index in [1.54, 1.807) is 18.2 Å². The first-order valence-corrected chi connectivity index (χ1v) is 16.5. The summed E-state index contributed by atoms with van der Waals surface area (Å²) in [7, 11) is 1.50. The molecule has 1 aromatic rings. The van der Waals surface area contributed by atoms with Gasteiger partial charge in [-0.3, -0.25) is 9.59 Å². The van der Waals surface area contributed by atoms with Crippen LogP contribution in [0.2, 0.25) is 0 Å². The molecule has 6 rings (SSSR count). The van der Waals surface area contributed by atoms with Crippen LogP contribution in [0.5, 0.6) is 11.5 Å². The number of carbonyl (C=O) groups excluding carboxylic acids is 2. The average molecular weight is 713 g/mol. The molecule has 4 N–H and O–H groups in total. The van der Waals surface area contributed by atoms with E-state index in [1.165, 1.54) is 13.5 Å². The lowest BCUT2D eigenvalue weighted by atomic mass is 9.45. The van der Waals surface area contributed by atoms with E-state index < -0.39 is 18.2 Å². The maximum Gasteiger partial charge on any atom is 0.247 e. The zero-order valence-corrected chi connectivity index (χ0v) is 27.4. The van der Waals surface area contributed by atoms with E-state index in [1.807, 2.05) is 4.90 Å². The van der Waals surface area contributed by atoms with Crippen LogP contribution in [0.15, 0.2) is 23.8 Å². The molecule has 5 aliphatic rings. The van der Waals surface area contributed by atoms with Crippen LogP contribution in [0, 0.1) is 32.7 Å². The predicted molar refractivity (Wildman–Crippen MR) is 167 cm³/mol. The molecule has 1 aromatic carbocycles. The number of halogens is 1. The van der Waals surface area contributed by atoms with Crippen LogP contribution in [0.1, 0.15) is 51.5 Å². The first kappa shape index (κ1) is 32.5. The van der Waals surface area contributed by atoms with Gasteiger partial charge in [0.1, 0.15) is 12.2 Å². The maximum atomic E-state index is 14.2. The summed E-state index contributed by atoms with van der Waals surface area (Å²) < 4.78 is 18.2. The van der Waals surface area contributed by atoms with Gasteiger partial charge in [-0.15, -0.1) is 0 Å². The number of hydrogen-bond donors (Lipinski definition) is 4. The molecule has 1 aliphatic heterocycles. The lowest BCUT2D eigenvalue weighted by Crippen LogP contribution is -2.60. The predicted octanol–water partition coefficient (Wildman–Crippen LogP) is 2.65. The van der Waals surface area contributed by atoms with Crippen molar-refractivity contribution in [2.45, 2.75) is 70.8 Å². The number of carbonyl (C=O) groups is 2. The van der Waals surface area contributed by atoms with Gasteiger partial charge in [-0.1, -0.05) is 13.8 Å². The van der Waals surface area contributed by atoms with Gasteiger partial charge in [0.05, 0.1) is 42.5 Å². The molecule has 0 aromatic heterocycles. The Morgan fingerprint density at radius 3 is 2.63 bits per heavy atom. The van der Waals surface area contributed by atoms with E-state index in [0.29, 0.717) is 64.2 Å². The highest BCUT2D eigenvalue weighted by Gasteiger charge is 2.55. The molecule has 7 unspecified atom stereocenters. The van der Waals surface area contributed by atoms with Gasteiger partial charge in [0, 0.05) is 31.7 Å². The number of ether oxygens (including phenoxy) is 3. The molecule has 1 heterocycles. The van der Waals surface area contributed by atoms with Crippen LogP contribution in [0.25, 0.3) is 0 Å². The highest BCUT2D eigenvalue weighted by molar-refractivity contribution is 14.1. The molecule has 1 saturated heterocycles. The van der Waals surface area contributed by atoms with Crippen molar-refractivity contribution in [2.24, 2.45) is 29.1 Å². The van der Waals surface area contributed by atoms with Crippen LogP contribution in [-0.4, -0.2) is 90.3 Å². The number of methoxy groups -OCH3 is 1. The fourth-order valence-corrected chi connectivity index (χ4v) is 8.47. The summed E-state index contributed by atoms with van der Waals surface area (Å²) >= 11 is 2.10. The molecule has 11 heteroatoms. The highest BCUT2D eigenvalue weighted by atomic mass is 127. The minimum atomic E-state index is -1.12. The van der Waals surface area contributed by atoms with Gasteiger partial charge in [0.15, 0.2) is 11.5 Å². The van der Waals surface area contributed by atoms with Crippen molar-refractivity contribution in [1.29, 1.82) is 0 Å². The van der Waals surface area contributed by atoms with Crippen molar-refractivity contribution >= 4 is 34.4 Å². The minimum Gasteiger partial charge on any atom is -0.493 e. The smallest absolute Gasteiger partial charge is 0.247 e. The van der Waals surface area contributed by atoms with E-state index in [0.717, 1.165) is 18.8 Å². The number of nitrogens with zero attached hydrogens (tertiary/aromatic N) is 1. The summed E-state index contributed by atoms with van der Waals surface area (Å²) in [6, 6.07) is 2.75. The Kier molecular flexibility index (Phi) is 10.3. The first-order valence-electron chi connectivity index (χ1n) is 15.4. The second kappa shape index (κ2) is 13.6. The summed E-state index contributed by atoms with van der Waals surface area (Å²) in [5, 5.41) is 33.7. The average Bonchev–Trinajstić information content (AvgIpc) is 3.55. The number of nitrogens with one attached hydrogen (secondary N) is 1. The van der Waals surface area contributed by atoms with Gasteiger partial charge in [-0.2, -0.15) is 0 Å². The highest BCUT2D eigenvalue weighted by Crippen LogP contribution is 2.61. The molecular weight excluding hydrogens is 667 g/mol. The fourth-order valence-electron chi connectivity index (χ4n) is 7.68. The molecule has 0 spiro atoms. The topological polar surface area (TPSA) is 138 Å². The monoisotopic (exact) mass is 712 g/mol. The lowest BCUT2D eigenvalue weighted by molar-refractivity contribution is -0.151. The van der Waals surface area contributed by atoms with Crippen molar-refractivity contribution in [3.8, 4) is 11.5 Å². The molecule has 7 atom stereocenters. The Morgan fingerprint density at radius 2 is 2.00 bits per heavy atom. The molecule has 43 heavy (non-hydrogen) atoms.